The van der Waals surface area contributed by atoms with Crippen LogP contribution < -0.4 is 20.1 Å². The summed E-state index contributed by atoms with van der Waals surface area (Å²) in [5.74, 6) is 0.357. The predicted molar refractivity (Wildman–Crippen MR) is 113 cm³/mol. The molecule has 1 aromatic carbocycles. The van der Waals surface area contributed by atoms with Crippen LogP contribution in [0, 0.1) is 5.92 Å². The molecule has 31 heavy (non-hydrogen) atoms. The maximum absolute atomic E-state index is 12.0. The number of amides is 1. The number of hydrogen-bond donors (Lipinski definition) is 6. The molecule has 10 heteroatoms. The first-order valence-electron chi connectivity index (χ1n) is 9.91. The highest BCUT2D eigenvalue weighted by atomic mass is 16.7. The molecule has 0 saturated heterocycles. The minimum atomic E-state index is -2.71. The zero-order chi connectivity index (χ0) is 23.4. The number of rotatable bonds is 8. The van der Waals surface area contributed by atoms with Crippen LogP contribution in [0.4, 0.5) is 0 Å². The maximum Gasteiger partial charge on any atom is 0.342 e. The van der Waals surface area contributed by atoms with E-state index in [1.54, 1.807) is 29.6 Å². The second-order valence-electron chi connectivity index (χ2n) is 7.28. The van der Waals surface area contributed by atoms with Crippen molar-refractivity contribution in [3.63, 3.8) is 0 Å². The molecule has 2 rings (SSSR count). The number of carbonyl (C=O) groups is 2. The van der Waals surface area contributed by atoms with Gasteiger partial charge in [0.1, 0.15) is 0 Å². The number of carbonyl (C=O) groups excluding carboxylic acids is 1. The fourth-order valence-corrected chi connectivity index (χ4v) is 2.87. The number of nitrogens with one attached hydrogen (secondary N) is 2. The molecule has 0 aliphatic heterocycles. The van der Waals surface area contributed by atoms with Crippen LogP contribution in [-0.4, -0.2) is 65.2 Å². The van der Waals surface area contributed by atoms with Crippen molar-refractivity contribution in [2.24, 2.45) is 5.92 Å². The molecule has 174 valence electrons. The van der Waals surface area contributed by atoms with Gasteiger partial charge in [0.2, 0.25) is 5.91 Å². The van der Waals surface area contributed by atoms with E-state index in [1.165, 1.54) is 20.2 Å². The fourth-order valence-electron chi connectivity index (χ4n) is 2.87. The van der Waals surface area contributed by atoms with Gasteiger partial charge in [0.25, 0.3) is 0 Å². The van der Waals surface area contributed by atoms with Crippen molar-refractivity contribution in [2.45, 2.75) is 44.7 Å². The van der Waals surface area contributed by atoms with E-state index in [0.29, 0.717) is 11.5 Å². The summed E-state index contributed by atoms with van der Waals surface area (Å²) in [5, 5.41) is 37.0. The van der Waals surface area contributed by atoms with E-state index in [9.17, 15) is 9.59 Å². The fraction of sp³-hybridized carbons (Fsp3) is 0.524. The smallest absolute Gasteiger partial charge is 0.342 e. The van der Waals surface area contributed by atoms with E-state index in [2.05, 4.69) is 12.2 Å². The van der Waals surface area contributed by atoms with Crippen LogP contribution in [-0.2, 0) is 9.59 Å². The lowest BCUT2D eigenvalue weighted by molar-refractivity contribution is -0.328. The van der Waals surface area contributed by atoms with Gasteiger partial charge >= 0.3 is 12.1 Å². The topological polar surface area (TPSA) is 158 Å². The van der Waals surface area contributed by atoms with Crippen LogP contribution in [0.3, 0.4) is 0 Å². The number of carboxylic acids is 1. The predicted octanol–water partition coefficient (Wildman–Crippen LogP) is 0.661. The zero-order valence-corrected chi connectivity index (χ0v) is 18.0. The lowest BCUT2D eigenvalue weighted by Crippen LogP contribution is -2.41. The average Bonchev–Trinajstić information content (AvgIpc) is 2.72. The molecule has 1 aliphatic carbocycles. The monoisotopic (exact) mass is 440 g/mol. The standard InChI is InChI=1S/C19H25NO5.C2H7NO3/c1-13-3-7-15(8-4-13)20-18(21)10-6-14-5-9-16(17(11-14)24-2)25-12-19(22)23;1-3-2(4,5)6/h5-6,9-11,13,15H,3-4,7-8,12H2,1-2H3,(H,20,21)(H,22,23);3-6H,1H3/b10-6+;/t13-,15-;. The normalized spacial score (nSPS) is 18.6. The molecule has 1 saturated carbocycles. The molecule has 0 heterocycles. The number of ether oxygens (including phenoxy) is 2. The second kappa shape index (κ2) is 12.9. The van der Waals surface area contributed by atoms with Gasteiger partial charge in [-0.2, -0.15) is 0 Å². The van der Waals surface area contributed by atoms with Gasteiger partial charge in [-0.1, -0.05) is 13.0 Å². The Bertz CT molecular complexity index is 737. The largest absolute Gasteiger partial charge is 0.493 e. The van der Waals surface area contributed by atoms with E-state index in [4.69, 9.17) is 29.9 Å². The molecule has 0 radical (unpaired) electrons. The van der Waals surface area contributed by atoms with Crippen molar-refractivity contribution in [2.75, 3.05) is 20.8 Å². The molecule has 1 aliphatic rings. The van der Waals surface area contributed by atoms with E-state index < -0.39 is 18.7 Å². The molecular weight excluding hydrogens is 408 g/mol. The van der Waals surface area contributed by atoms with Gasteiger partial charge in [0, 0.05) is 12.1 Å². The van der Waals surface area contributed by atoms with Crippen molar-refractivity contribution < 1.29 is 39.5 Å². The summed E-state index contributed by atoms with van der Waals surface area (Å²) >= 11 is 0. The van der Waals surface area contributed by atoms with Crippen LogP contribution >= 0.6 is 0 Å². The Balaban J connectivity index is 0.000000703. The summed E-state index contributed by atoms with van der Waals surface area (Å²) in [4.78, 5) is 22.6. The van der Waals surface area contributed by atoms with Crippen LogP contribution in [0.2, 0.25) is 0 Å². The molecule has 1 aromatic rings. The lowest BCUT2D eigenvalue weighted by atomic mass is 9.87. The molecule has 0 aromatic heterocycles. The summed E-state index contributed by atoms with van der Waals surface area (Å²) in [5.41, 5.74) is 0.770. The Labute approximate surface area is 181 Å². The van der Waals surface area contributed by atoms with Crippen molar-refractivity contribution in [3.05, 3.63) is 29.8 Å². The molecule has 0 atom stereocenters. The van der Waals surface area contributed by atoms with Gasteiger partial charge in [0.05, 0.1) is 7.11 Å². The van der Waals surface area contributed by atoms with Gasteiger partial charge in [0.15, 0.2) is 18.1 Å². The van der Waals surface area contributed by atoms with E-state index in [1.807, 2.05) is 0 Å². The van der Waals surface area contributed by atoms with Gasteiger partial charge in [-0.15, -0.1) is 0 Å². The SMILES string of the molecule is CNC(O)(O)O.COc1cc(/C=C/C(=O)N[C@H]2CC[C@H](C)CC2)ccc1OCC(=O)O. The molecule has 1 fully saturated rings. The number of methoxy groups -OCH3 is 1. The highest BCUT2D eigenvalue weighted by Crippen LogP contribution is 2.28. The summed E-state index contributed by atoms with van der Waals surface area (Å²) in [6.07, 6.45) is 4.87. The molecule has 0 spiro atoms. The third kappa shape index (κ3) is 11.3. The number of aliphatic carboxylic acids is 1. The second-order valence-corrected chi connectivity index (χ2v) is 7.28. The average molecular weight is 440 g/mol. The Morgan fingerprint density at radius 3 is 2.29 bits per heavy atom. The molecule has 0 bridgehead atoms. The molecule has 0 unspecified atom stereocenters. The summed E-state index contributed by atoms with van der Waals surface area (Å²) < 4.78 is 10.4. The third-order valence-electron chi connectivity index (χ3n) is 4.66. The van der Waals surface area contributed by atoms with E-state index >= 15 is 0 Å². The van der Waals surface area contributed by atoms with Crippen molar-refractivity contribution in [3.8, 4) is 11.5 Å². The maximum atomic E-state index is 12.0. The molecule has 1 amide bonds. The molecule has 6 N–H and O–H groups in total. The Hall–Kier alpha value is -2.66. The van der Waals surface area contributed by atoms with Crippen LogP contribution in [0.15, 0.2) is 24.3 Å². The summed E-state index contributed by atoms with van der Waals surface area (Å²) in [7, 11) is 2.69. The first kappa shape index (κ1) is 26.4. The Morgan fingerprint density at radius 2 is 1.77 bits per heavy atom. The highest BCUT2D eigenvalue weighted by molar-refractivity contribution is 5.92. The first-order chi connectivity index (χ1) is 14.5. The van der Waals surface area contributed by atoms with E-state index in [-0.39, 0.29) is 11.9 Å². The minimum absolute atomic E-state index is 0.107. The number of aliphatic hydroxyl groups is 3. The highest BCUT2D eigenvalue weighted by Gasteiger charge is 2.18. The molecule has 10 nitrogen and oxygen atoms in total. The Kier molecular flexibility index (Phi) is 11.0. The van der Waals surface area contributed by atoms with Crippen molar-refractivity contribution in [1.29, 1.82) is 0 Å². The van der Waals surface area contributed by atoms with Crippen LogP contribution in [0.5, 0.6) is 11.5 Å². The van der Waals surface area contributed by atoms with E-state index in [0.717, 1.165) is 37.2 Å². The molecular formula is C21H32N2O8. The van der Waals surface area contributed by atoms with Gasteiger partial charge < -0.3 is 35.2 Å². The summed E-state index contributed by atoms with van der Waals surface area (Å²) in [6, 6.07) is 5.33. The van der Waals surface area contributed by atoms with Gasteiger partial charge in [-0.3, -0.25) is 4.79 Å². The number of carboxylic acid groups (broad SMARTS) is 1. The lowest BCUT2D eigenvalue weighted by Gasteiger charge is -2.26. The van der Waals surface area contributed by atoms with Gasteiger partial charge in [-0.25, -0.2) is 10.1 Å². The number of hydrogen-bond acceptors (Lipinski definition) is 8. The van der Waals surface area contributed by atoms with Gasteiger partial charge in [-0.05, 0) is 62.4 Å². The summed E-state index contributed by atoms with van der Waals surface area (Å²) in [6.45, 7) is 1.81. The van der Waals surface area contributed by atoms with Crippen molar-refractivity contribution in [1.82, 2.24) is 10.6 Å². The van der Waals surface area contributed by atoms with Crippen molar-refractivity contribution >= 4 is 18.0 Å². The van der Waals surface area contributed by atoms with Crippen LogP contribution in [0.25, 0.3) is 6.08 Å². The first-order valence-corrected chi connectivity index (χ1v) is 9.91. The Morgan fingerprint density at radius 1 is 1.16 bits per heavy atom. The zero-order valence-electron chi connectivity index (χ0n) is 18.0. The minimum Gasteiger partial charge on any atom is -0.493 e. The quantitative estimate of drug-likeness (QED) is 0.252. The number of benzene rings is 1. The van der Waals surface area contributed by atoms with Crippen LogP contribution in [0.1, 0.15) is 38.2 Å². The third-order valence-corrected chi connectivity index (χ3v) is 4.66.